The summed E-state index contributed by atoms with van der Waals surface area (Å²) < 4.78 is 17.9. The molecule has 0 saturated carbocycles. The highest BCUT2D eigenvalue weighted by Crippen LogP contribution is 2.24. The van der Waals surface area contributed by atoms with E-state index < -0.39 is 0 Å². The zero-order chi connectivity index (χ0) is 8.55. The second kappa shape index (κ2) is 2.59. The fourth-order valence-corrected chi connectivity index (χ4v) is 1.15. The molecule has 2 rings (SSSR count). The van der Waals surface area contributed by atoms with Gasteiger partial charge in [0.25, 0.3) is 0 Å². The molecule has 12 heavy (non-hydrogen) atoms. The summed E-state index contributed by atoms with van der Waals surface area (Å²) in [6.07, 6.45) is 0. The van der Waals surface area contributed by atoms with E-state index in [4.69, 9.17) is 4.74 Å². The van der Waals surface area contributed by atoms with Gasteiger partial charge in [-0.2, -0.15) is 0 Å². The van der Waals surface area contributed by atoms with E-state index >= 15 is 0 Å². The Kier molecular flexibility index (Phi) is 1.57. The third kappa shape index (κ3) is 1.18. The molecular weight excluding hydrogens is 157 g/mol. The predicted molar refractivity (Wildman–Crippen MR) is 44.0 cm³/mol. The number of halogens is 1. The summed E-state index contributed by atoms with van der Waals surface area (Å²) >= 11 is 0. The van der Waals surface area contributed by atoms with Crippen LogP contribution in [0.3, 0.4) is 0 Å². The largest absolute Gasteiger partial charge is 0.476 e. The molecule has 0 unspecified atom stereocenters. The maximum absolute atomic E-state index is 12.7. The number of nitrogens with zero attached hydrogens (tertiary/aromatic N) is 1. The molecule has 0 aliphatic carbocycles. The van der Waals surface area contributed by atoms with Crippen LogP contribution in [0, 0.1) is 5.82 Å². The third-order valence-electron chi connectivity index (χ3n) is 1.76. The lowest BCUT2D eigenvalue weighted by Gasteiger charge is -2.13. The van der Waals surface area contributed by atoms with Crippen molar-refractivity contribution in [2.24, 2.45) is 4.99 Å². The highest BCUT2D eigenvalue weighted by molar-refractivity contribution is 5.78. The lowest BCUT2D eigenvalue weighted by atomic mass is 10.2. The number of aliphatic imine (C=N–C) groups is 1. The van der Waals surface area contributed by atoms with Crippen LogP contribution < -0.4 is 0 Å². The molecule has 0 bridgehead atoms. The average Bonchev–Trinajstić information content (AvgIpc) is 2.03. The van der Waals surface area contributed by atoms with Gasteiger partial charge in [0.15, 0.2) is 5.90 Å². The molecule has 1 heterocycles. The molecule has 0 atom stereocenters. The molecule has 1 aliphatic heterocycles. The molecule has 0 N–H and O–H groups in total. The van der Waals surface area contributed by atoms with Crippen LogP contribution in [-0.2, 0) is 11.3 Å². The van der Waals surface area contributed by atoms with Crippen molar-refractivity contribution in [2.75, 3.05) is 0 Å². The average molecular weight is 165 g/mol. The standard InChI is InChI=1S/C9H8FNO/c1-6-11-9-4-8(10)3-2-7(9)5-12-6/h2-4H,5H2,1H3. The number of hydrogen-bond acceptors (Lipinski definition) is 2. The Morgan fingerprint density at radius 3 is 3.17 bits per heavy atom. The maximum atomic E-state index is 12.7. The first kappa shape index (κ1) is 7.28. The summed E-state index contributed by atoms with van der Waals surface area (Å²) in [6.45, 7) is 2.25. The molecular formula is C9H8FNO. The lowest BCUT2D eigenvalue weighted by Crippen LogP contribution is -2.05. The smallest absolute Gasteiger partial charge is 0.185 e. The van der Waals surface area contributed by atoms with Crippen LogP contribution >= 0.6 is 0 Å². The number of ether oxygens (including phenoxy) is 1. The summed E-state index contributed by atoms with van der Waals surface area (Å²) in [4.78, 5) is 4.06. The van der Waals surface area contributed by atoms with Gasteiger partial charge in [-0.15, -0.1) is 0 Å². The van der Waals surface area contributed by atoms with E-state index in [1.54, 1.807) is 13.0 Å². The minimum atomic E-state index is -0.257. The highest BCUT2D eigenvalue weighted by Gasteiger charge is 2.09. The van der Waals surface area contributed by atoms with Crippen LogP contribution in [0.4, 0.5) is 10.1 Å². The quantitative estimate of drug-likeness (QED) is 0.578. The van der Waals surface area contributed by atoms with Crippen molar-refractivity contribution >= 4 is 11.6 Å². The molecule has 0 aromatic heterocycles. The first-order chi connectivity index (χ1) is 5.75. The van der Waals surface area contributed by atoms with Gasteiger partial charge in [0.05, 0.1) is 5.69 Å². The monoisotopic (exact) mass is 165 g/mol. The number of benzene rings is 1. The molecule has 0 saturated heterocycles. The van der Waals surface area contributed by atoms with Gasteiger partial charge >= 0.3 is 0 Å². The van der Waals surface area contributed by atoms with Crippen LogP contribution in [0.25, 0.3) is 0 Å². The van der Waals surface area contributed by atoms with E-state index in [0.717, 1.165) is 5.56 Å². The van der Waals surface area contributed by atoms with E-state index in [-0.39, 0.29) is 5.82 Å². The molecule has 1 aromatic carbocycles. The molecule has 1 aliphatic rings. The van der Waals surface area contributed by atoms with E-state index in [1.165, 1.54) is 12.1 Å². The summed E-state index contributed by atoms with van der Waals surface area (Å²) in [5, 5.41) is 0. The summed E-state index contributed by atoms with van der Waals surface area (Å²) in [5.74, 6) is 0.334. The first-order valence-electron chi connectivity index (χ1n) is 3.72. The molecule has 1 aromatic rings. The fraction of sp³-hybridized carbons (Fsp3) is 0.222. The van der Waals surface area contributed by atoms with Gasteiger partial charge in [-0.3, -0.25) is 0 Å². The normalized spacial score (nSPS) is 14.7. The van der Waals surface area contributed by atoms with Crippen LogP contribution in [0.5, 0.6) is 0 Å². The van der Waals surface area contributed by atoms with Gasteiger partial charge in [0.1, 0.15) is 12.4 Å². The Bertz CT molecular complexity index is 346. The third-order valence-corrected chi connectivity index (χ3v) is 1.76. The molecule has 2 nitrogen and oxygen atoms in total. The molecule has 62 valence electrons. The van der Waals surface area contributed by atoms with Gasteiger partial charge in [0, 0.05) is 18.6 Å². The Hall–Kier alpha value is -1.38. The SMILES string of the molecule is CC1=Nc2cc(F)ccc2CO1. The summed E-state index contributed by atoms with van der Waals surface area (Å²) in [6, 6.07) is 4.53. The predicted octanol–water partition coefficient (Wildman–Crippen LogP) is 2.41. The molecule has 0 amide bonds. The molecule has 0 spiro atoms. The topological polar surface area (TPSA) is 21.6 Å². The number of rotatable bonds is 0. The van der Waals surface area contributed by atoms with Crippen molar-refractivity contribution in [1.29, 1.82) is 0 Å². The van der Waals surface area contributed by atoms with Gasteiger partial charge < -0.3 is 4.74 Å². The Morgan fingerprint density at radius 1 is 1.50 bits per heavy atom. The number of fused-ring (bicyclic) bond motifs is 1. The Balaban J connectivity index is 2.53. The fourth-order valence-electron chi connectivity index (χ4n) is 1.15. The van der Waals surface area contributed by atoms with Gasteiger partial charge in [-0.05, 0) is 6.07 Å². The molecule has 0 fully saturated rings. The Labute approximate surface area is 69.7 Å². The van der Waals surface area contributed by atoms with Crippen molar-refractivity contribution in [3.63, 3.8) is 0 Å². The van der Waals surface area contributed by atoms with Crippen LogP contribution in [0.1, 0.15) is 12.5 Å². The maximum Gasteiger partial charge on any atom is 0.185 e. The number of hydrogen-bond donors (Lipinski definition) is 0. The van der Waals surface area contributed by atoms with Gasteiger partial charge in [0.2, 0.25) is 0 Å². The zero-order valence-corrected chi connectivity index (χ0v) is 6.67. The van der Waals surface area contributed by atoms with Crippen LogP contribution in [-0.4, -0.2) is 5.90 Å². The molecule has 3 heteroatoms. The first-order valence-corrected chi connectivity index (χ1v) is 3.72. The van der Waals surface area contributed by atoms with E-state index in [9.17, 15) is 4.39 Å². The Morgan fingerprint density at radius 2 is 2.33 bits per heavy atom. The van der Waals surface area contributed by atoms with E-state index in [1.807, 2.05) is 0 Å². The molecule has 0 radical (unpaired) electrons. The van der Waals surface area contributed by atoms with Crippen molar-refractivity contribution in [3.05, 3.63) is 29.6 Å². The second-order valence-electron chi connectivity index (χ2n) is 2.69. The van der Waals surface area contributed by atoms with E-state index in [2.05, 4.69) is 4.99 Å². The minimum Gasteiger partial charge on any atom is -0.476 e. The highest BCUT2D eigenvalue weighted by atomic mass is 19.1. The van der Waals surface area contributed by atoms with Crippen molar-refractivity contribution in [2.45, 2.75) is 13.5 Å². The summed E-state index contributed by atoms with van der Waals surface area (Å²) in [5.41, 5.74) is 1.61. The summed E-state index contributed by atoms with van der Waals surface area (Å²) in [7, 11) is 0. The van der Waals surface area contributed by atoms with Crippen LogP contribution in [0.2, 0.25) is 0 Å². The van der Waals surface area contributed by atoms with Gasteiger partial charge in [-0.1, -0.05) is 6.07 Å². The van der Waals surface area contributed by atoms with Crippen molar-refractivity contribution in [3.8, 4) is 0 Å². The van der Waals surface area contributed by atoms with E-state index in [0.29, 0.717) is 18.2 Å². The minimum absolute atomic E-state index is 0.257. The van der Waals surface area contributed by atoms with Crippen molar-refractivity contribution in [1.82, 2.24) is 0 Å². The second-order valence-corrected chi connectivity index (χ2v) is 2.69. The van der Waals surface area contributed by atoms with Gasteiger partial charge in [-0.25, -0.2) is 9.38 Å². The van der Waals surface area contributed by atoms with Crippen molar-refractivity contribution < 1.29 is 9.13 Å². The zero-order valence-electron chi connectivity index (χ0n) is 6.67. The lowest BCUT2D eigenvalue weighted by molar-refractivity contribution is 0.284. The van der Waals surface area contributed by atoms with Crippen LogP contribution in [0.15, 0.2) is 23.2 Å².